The van der Waals surface area contributed by atoms with Crippen LogP contribution in [0.15, 0.2) is 46.9 Å². The van der Waals surface area contributed by atoms with E-state index in [-0.39, 0.29) is 11.4 Å². The van der Waals surface area contributed by atoms with Crippen LogP contribution in [0.5, 0.6) is 5.75 Å². The highest BCUT2D eigenvalue weighted by molar-refractivity contribution is 9.10. The molecule has 2 aromatic carbocycles. The number of non-ortho nitro benzene ring substituents is 1. The smallest absolute Gasteiger partial charge is 0.269 e. The minimum atomic E-state index is -0.530. The third kappa shape index (κ3) is 4.39. The van der Waals surface area contributed by atoms with Crippen LogP contribution in [0.2, 0.25) is 0 Å². The first-order valence-electron chi connectivity index (χ1n) is 6.67. The van der Waals surface area contributed by atoms with Crippen LogP contribution in [0.4, 0.5) is 15.8 Å². The van der Waals surface area contributed by atoms with E-state index in [9.17, 15) is 19.3 Å². The third-order valence-corrected chi connectivity index (χ3v) is 3.59. The number of nitro benzene ring substituents is 1. The number of hydrogen-bond donors (Lipinski definition) is 1. The summed E-state index contributed by atoms with van der Waals surface area (Å²) in [6.45, 7) is 0. The molecule has 24 heavy (non-hydrogen) atoms. The molecule has 0 spiro atoms. The van der Waals surface area contributed by atoms with Crippen molar-refractivity contribution in [1.82, 2.24) is 0 Å². The number of hydrogen-bond acceptors (Lipinski definition) is 4. The van der Waals surface area contributed by atoms with Crippen molar-refractivity contribution in [3.8, 4) is 5.75 Å². The van der Waals surface area contributed by atoms with Crippen LogP contribution in [-0.4, -0.2) is 17.9 Å². The summed E-state index contributed by atoms with van der Waals surface area (Å²) in [5.41, 5.74) is 0.761. The Morgan fingerprint density at radius 1 is 1.33 bits per heavy atom. The van der Waals surface area contributed by atoms with E-state index in [2.05, 4.69) is 21.2 Å². The van der Waals surface area contributed by atoms with Gasteiger partial charge in [-0.2, -0.15) is 0 Å². The summed E-state index contributed by atoms with van der Waals surface area (Å²) in [6.07, 6.45) is 2.72. The fourth-order valence-corrected chi connectivity index (χ4v) is 2.51. The number of anilines is 1. The summed E-state index contributed by atoms with van der Waals surface area (Å²) in [7, 11) is 1.40. The number of amides is 1. The maximum atomic E-state index is 13.4. The molecule has 0 saturated heterocycles. The van der Waals surface area contributed by atoms with Crippen LogP contribution >= 0.6 is 15.9 Å². The Labute approximate surface area is 145 Å². The molecule has 124 valence electrons. The van der Waals surface area contributed by atoms with Crippen molar-refractivity contribution in [3.05, 3.63) is 68.4 Å². The fourth-order valence-electron chi connectivity index (χ4n) is 1.91. The second kappa shape index (κ2) is 7.69. The van der Waals surface area contributed by atoms with E-state index in [0.29, 0.717) is 15.8 Å². The molecule has 0 aliphatic rings. The molecular formula is C16H12BrFN2O4. The lowest BCUT2D eigenvalue weighted by molar-refractivity contribution is -0.384. The standard InChI is InChI=1S/C16H12BrFN2O4/c1-24-16-13(17)8-11(18)9-14(16)19-15(21)7-4-10-2-5-12(6-3-10)20(22)23/h2-9H,1H3,(H,19,21). The number of nitro groups is 1. The monoisotopic (exact) mass is 394 g/mol. The number of nitrogens with zero attached hydrogens (tertiary/aromatic N) is 1. The zero-order chi connectivity index (χ0) is 17.7. The van der Waals surface area contributed by atoms with Gasteiger partial charge in [0.05, 0.1) is 22.2 Å². The molecule has 0 bridgehead atoms. The molecular weight excluding hydrogens is 383 g/mol. The van der Waals surface area contributed by atoms with Crippen LogP contribution in [0, 0.1) is 15.9 Å². The summed E-state index contributed by atoms with van der Waals surface area (Å²) in [5, 5.41) is 13.1. The van der Waals surface area contributed by atoms with Crippen molar-refractivity contribution in [2.24, 2.45) is 0 Å². The van der Waals surface area contributed by atoms with E-state index in [1.54, 1.807) is 0 Å². The number of rotatable bonds is 5. The number of halogens is 2. The van der Waals surface area contributed by atoms with E-state index in [1.165, 1.54) is 49.6 Å². The number of ether oxygens (including phenoxy) is 1. The second-order valence-electron chi connectivity index (χ2n) is 4.64. The van der Waals surface area contributed by atoms with Crippen molar-refractivity contribution < 1.29 is 18.8 Å². The van der Waals surface area contributed by atoms with Gasteiger partial charge in [0.15, 0.2) is 5.75 Å². The minimum Gasteiger partial charge on any atom is -0.493 e. The molecule has 0 aliphatic heterocycles. The van der Waals surface area contributed by atoms with E-state index >= 15 is 0 Å². The second-order valence-corrected chi connectivity index (χ2v) is 5.49. The quantitative estimate of drug-likeness (QED) is 0.468. The Morgan fingerprint density at radius 2 is 2.00 bits per heavy atom. The third-order valence-electron chi connectivity index (χ3n) is 3.00. The molecule has 2 aromatic rings. The zero-order valence-corrected chi connectivity index (χ0v) is 14.0. The maximum absolute atomic E-state index is 13.4. The molecule has 1 amide bonds. The van der Waals surface area contributed by atoms with Crippen molar-refractivity contribution in [3.63, 3.8) is 0 Å². The van der Waals surface area contributed by atoms with Crippen LogP contribution in [0.25, 0.3) is 6.08 Å². The summed E-state index contributed by atoms with van der Waals surface area (Å²) < 4.78 is 18.9. The number of methoxy groups -OCH3 is 1. The zero-order valence-electron chi connectivity index (χ0n) is 12.5. The Morgan fingerprint density at radius 3 is 2.58 bits per heavy atom. The van der Waals surface area contributed by atoms with Gasteiger partial charge in [0.25, 0.3) is 5.69 Å². The molecule has 1 N–H and O–H groups in total. The Balaban J connectivity index is 2.12. The van der Waals surface area contributed by atoms with Gasteiger partial charge in [-0.3, -0.25) is 14.9 Å². The summed E-state index contributed by atoms with van der Waals surface area (Å²) in [6, 6.07) is 8.07. The van der Waals surface area contributed by atoms with Crippen LogP contribution in [0.3, 0.4) is 0 Å². The van der Waals surface area contributed by atoms with Crippen LogP contribution < -0.4 is 10.1 Å². The van der Waals surface area contributed by atoms with Gasteiger partial charge in [-0.05, 0) is 45.8 Å². The average Bonchev–Trinajstić information content (AvgIpc) is 2.53. The molecule has 6 nitrogen and oxygen atoms in total. The predicted molar refractivity (Wildman–Crippen MR) is 91.4 cm³/mol. The van der Waals surface area contributed by atoms with Crippen molar-refractivity contribution in [2.75, 3.05) is 12.4 Å². The van der Waals surface area contributed by atoms with E-state index in [1.807, 2.05) is 0 Å². The van der Waals surface area contributed by atoms with Gasteiger partial charge in [0.1, 0.15) is 5.82 Å². The van der Waals surface area contributed by atoms with E-state index < -0.39 is 16.6 Å². The first-order valence-corrected chi connectivity index (χ1v) is 7.46. The lowest BCUT2D eigenvalue weighted by Gasteiger charge is -2.10. The molecule has 0 atom stereocenters. The number of carbonyl (C=O) groups excluding carboxylic acids is 1. The number of benzene rings is 2. The lowest BCUT2D eigenvalue weighted by atomic mass is 10.2. The molecule has 0 saturated carbocycles. The number of carbonyl (C=O) groups is 1. The van der Waals surface area contributed by atoms with Crippen molar-refractivity contribution in [1.29, 1.82) is 0 Å². The van der Waals surface area contributed by atoms with Gasteiger partial charge in [0.2, 0.25) is 5.91 Å². The van der Waals surface area contributed by atoms with Gasteiger partial charge >= 0.3 is 0 Å². The van der Waals surface area contributed by atoms with Gasteiger partial charge in [0, 0.05) is 24.3 Å². The highest BCUT2D eigenvalue weighted by Gasteiger charge is 2.11. The molecule has 8 heteroatoms. The molecule has 0 unspecified atom stereocenters. The van der Waals surface area contributed by atoms with Gasteiger partial charge < -0.3 is 10.1 Å². The van der Waals surface area contributed by atoms with Crippen molar-refractivity contribution in [2.45, 2.75) is 0 Å². The van der Waals surface area contributed by atoms with E-state index in [0.717, 1.165) is 6.07 Å². The highest BCUT2D eigenvalue weighted by atomic mass is 79.9. The van der Waals surface area contributed by atoms with Gasteiger partial charge in [-0.15, -0.1) is 0 Å². The predicted octanol–water partition coefficient (Wildman–Crippen LogP) is 4.16. The first-order chi connectivity index (χ1) is 11.4. The summed E-state index contributed by atoms with van der Waals surface area (Å²) in [4.78, 5) is 22.0. The topological polar surface area (TPSA) is 81.5 Å². The Kier molecular flexibility index (Phi) is 5.64. The van der Waals surface area contributed by atoms with Gasteiger partial charge in [-0.1, -0.05) is 0 Å². The largest absolute Gasteiger partial charge is 0.493 e. The van der Waals surface area contributed by atoms with Crippen LogP contribution in [-0.2, 0) is 4.79 Å². The molecule has 2 rings (SSSR count). The SMILES string of the molecule is COc1c(Br)cc(F)cc1NC(=O)C=Cc1ccc([N+](=O)[O-])cc1. The minimum absolute atomic E-state index is 0.0362. The molecule has 0 fully saturated rings. The van der Waals surface area contributed by atoms with Crippen LogP contribution in [0.1, 0.15) is 5.56 Å². The fraction of sp³-hybridized carbons (Fsp3) is 0.0625. The Bertz CT molecular complexity index is 806. The van der Waals surface area contributed by atoms with Crippen molar-refractivity contribution >= 4 is 39.3 Å². The average molecular weight is 395 g/mol. The van der Waals surface area contributed by atoms with E-state index in [4.69, 9.17) is 4.74 Å². The summed E-state index contributed by atoms with van der Waals surface area (Å²) >= 11 is 3.15. The molecule has 0 aromatic heterocycles. The normalized spacial score (nSPS) is 10.6. The molecule has 0 heterocycles. The number of nitrogens with one attached hydrogen (secondary N) is 1. The highest BCUT2D eigenvalue weighted by Crippen LogP contribution is 2.34. The Hall–Kier alpha value is -2.74. The maximum Gasteiger partial charge on any atom is 0.269 e. The first kappa shape index (κ1) is 17.6. The molecule has 0 aliphatic carbocycles. The summed E-state index contributed by atoms with van der Waals surface area (Å²) in [5.74, 6) is -0.727. The lowest BCUT2D eigenvalue weighted by Crippen LogP contribution is -2.09. The van der Waals surface area contributed by atoms with Gasteiger partial charge in [-0.25, -0.2) is 4.39 Å². The molecule has 0 radical (unpaired) electrons.